The number of esters is 1. The Balaban J connectivity index is 1.55. The summed E-state index contributed by atoms with van der Waals surface area (Å²) in [6.07, 6.45) is 1.69. The maximum absolute atomic E-state index is 14.0. The van der Waals surface area contributed by atoms with E-state index in [2.05, 4.69) is 24.9 Å². The highest BCUT2D eigenvalue weighted by Crippen LogP contribution is 2.35. The van der Waals surface area contributed by atoms with E-state index in [-0.39, 0.29) is 34.6 Å². The number of rotatable bonds is 8. The summed E-state index contributed by atoms with van der Waals surface area (Å²) >= 11 is 14.4. The summed E-state index contributed by atoms with van der Waals surface area (Å²) in [6, 6.07) is 19.8. The number of benzene rings is 3. The number of carbonyl (C=O) groups excluding carboxylic acids is 1. The molecule has 7 nitrogen and oxygen atoms in total. The van der Waals surface area contributed by atoms with Crippen LogP contribution in [0.4, 0.5) is 0 Å². The fourth-order valence-electron chi connectivity index (χ4n) is 5.03. The van der Waals surface area contributed by atoms with Crippen molar-refractivity contribution >= 4 is 46.6 Å². The van der Waals surface area contributed by atoms with Gasteiger partial charge in [-0.15, -0.1) is 0 Å². The smallest absolute Gasteiger partial charge is 0.338 e. The highest BCUT2D eigenvalue weighted by atomic mass is 35.5. The molecule has 4 aromatic rings. The number of nitrogens with zero attached hydrogens (tertiary/aromatic N) is 3. The zero-order chi connectivity index (χ0) is 31.5. The number of thiazole rings is 1. The Bertz CT molecular complexity index is 1980. The fourth-order valence-corrected chi connectivity index (χ4v) is 6.69. The number of hydrogen-bond acceptors (Lipinski definition) is 7. The molecule has 0 radical (unpaired) electrons. The molecule has 44 heavy (non-hydrogen) atoms. The molecule has 0 amide bonds. The predicted octanol–water partition coefficient (Wildman–Crippen LogP) is 6.68. The number of halogens is 2. The molecule has 1 aliphatic heterocycles. The van der Waals surface area contributed by atoms with Crippen LogP contribution in [-0.4, -0.2) is 17.1 Å². The van der Waals surface area contributed by atoms with E-state index in [0.29, 0.717) is 43.2 Å². The Morgan fingerprint density at radius 3 is 2.45 bits per heavy atom. The first-order valence-electron chi connectivity index (χ1n) is 14.0. The molecule has 0 N–H and O–H groups in total. The van der Waals surface area contributed by atoms with E-state index in [1.165, 1.54) is 11.3 Å². The van der Waals surface area contributed by atoms with Gasteiger partial charge < -0.3 is 9.47 Å². The van der Waals surface area contributed by atoms with Crippen LogP contribution in [0.2, 0.25) is 10.0 Å². The van der Waals surface area contributed by atoms with E-state index in [1.807, 2.05) is 30.3 Å². The van der Waals surface area contributed by atoms with Crippen LogP contribution in [0.5, 0.6) is 5.75 Å². The topological polar surface area (TPSA) is 93.7 Å². The Kier molecular flexibility index (Phi) is 9.40. The molecule has 1 aliphatic rings. The van der Waals surface area contributed by atoms with Crippen molar-refractivity contribution in [2.24, 2.45) is 4.99 Å². The van der Waals surface area contributed by atoms with Gasteiger partial charge in [-0.1, -0.05) is 90.9 Å². The van der Waals surface area contributed by atoms with E-state index in [4.69, 9.17) is 32.7 Å². The molecular formula is C34H29Cl2N3O4S. The molecule has 1 atom stereocenters. The molecule has 0 aliphatic carbocycles. The predicted molar refractivity (Wildman–Crippen MR) is 173 cm³/mol. The third kappa shape index (κ3) is 6.22. The highest BCUT2D eigenvalue weighted by molar-refractivity contribution is 7.07. The molecule has 10 heteroatoms. The van der Waals surface area contributed by atoms with E-state index in [0.717, 1.165) is 11.1 Å². The van der Waals surface area contributed by atoms with Crippen LogP contribution in [0.15, 0.2) is 81.7 Å². The van der Waals surface area contributed by atoms with Crippen molar-refractivity contribution in [1.29, 1.82) is 5.26 Å². The lowest BCUT2D eigenvalue weighted by Crippen LogP contribution is -2.39. The SMILES string of the molecule is CCOC(=O)C1=C(C)N=c2s/c(=C/c3cc(Cl)c(OCc4ccccc4C#N)c(Cl)c3)c(=O)n2[C@@H]1c1ccc(C(C)C)cc1. The van der Waals surface area contributed by atoms with Crippen molar-refractivity contribution in [1.82, 2.24) is 4.57 Å². The van der Waals surface area contributed by atoms with Gasteiger partial charge in [0.05, 0.1) is 50.1 Å². The minimum Gasteiger partial charge on any atom is -0.486 e. The van der Waals surface area contributed by atoms with E-state index >= 15 is 0 Å². The Labute approximate surface area is 268 Å². The van der Waals surface area contributed by atoms with Crippen molar-refractivity contribution in [3.05, 3.63) is 129 Å². The van der Waals surface area contributed by atoms with E-state index < -0.39 is 12.0 Å². The van der Waals surface area contributed by atoms with Crippen LogP contribution in [0.1, 0.15) is 67.5 Å². The lowest BCUT2D eigenvalue weighted by atomic mass is 9.93. The average Bonchev–Trinajstić information content (AvgIpc) is 3.30. The first kappa shape index (κ1) is 31.3. The summed E-state index contributed by atoms with van der Waals surface area (Å²) in [5.74, 6) is 0.100. The lowest BCUT2D eigenvalue weighted by molar-refractivity contribution is -0.139. The number of allylic oxidation sites excluding steroid dienone is 1. The highest BCUT2D eigenvalue weighted by Gasteiger charge is 2.33. The van der Waals surface area contributed by atoms with Gasteiger partial charge in [0.2, 0.25) is 0 Å². The Morgan fingerprint density at radius 1 is 1.14 bits per heavy atom. The van der Waals surface area contributed by atoms with Gasteiger partial charge in [0.25, 0.3) is 5.56 Å². The van der Waals surface area contributed by atoms with Crippen LogP contribution in [0.3, 0.4) is 0 Å². The van der Waals surface area contributed by atoms with Gasteiger partial charge >= 0.3 is 5.97 Å². The summed E-state index contributed by atoms with van der Waals surface area (Å²) < 4.78 is 13.2. The maximum Gasteiger partial charge on any atom is 0.338 e. The summed E-state index contributed by atoms with van der Waals surface area (Å²) in [5, 5.41) is 9.87. The second kappa shape index (κ2) is 13.2. The molecule has 2 heterocycles. The number of nitriles is 1. The first-order valence-corrected chi connectivity index (χ1v) is 15.6. The maximum atomic E-state index is 14.0. The van der Waals surface area contributed by atoms with Crippen molar-refractivity contribution in [2.75, 3.05) is 6.61 Å². The number of fused-ring (bicyclic) bond motifs is 1. The second-order valence-electron chi connectivity index (χ2n) is 10.5. The normalized spacial score (nSPS) is 14.7. The Morgan fingerprint density at radius 2 is 1.82 bits per heavy atom. The van der Waals surface area contributed by atoms with Gasteiger partial charge in [-0.05, 0) is 60.7 Å². The largest absolute Gasteiger partial charge is 0.486 e. The molecule has 0 bridgehead atoms. The second-order valence-corrected chi connectivity index (χ2v) is 12.3. The average molecular weight is 647 g/mol. The van der Waals surface area contributed by atoms with Crippen LogP contribution in [0.25, 0.3) is 6.08 Å². The fraction of sp³-hybridized carbons (Fsp3) is 0.235. The number of aromatic nitrogens is 1. The van der Waals surface area contributed by atoms with Crippen LogP contribution in [0, 0.1) is 11.3 Å². The minimum atomic E-state index is -0.701. The first-order chi connectivity index (χ1) is 21.1. The third-order valence-electron chi connectivity index (χ3n) is 7.26. The van der Waals surface area contributed by atoms with Crippen molar-refractivity contribution in [3.8, 4) is 11.8 Å². The summed E-state index contributed by atoms with van der Waals surface area (Å²) in [5.41, 5.74) is 4.25. The van der Waals surface area contributed by atoms with Crippen LogP contribution >= 0.6 is 34.5 Å². The standard InChI is InChI=1S/C34H29Cl2N3O4S/c1-5-42-33(41)29-20(4)38-34-39(30(29)23-12-10-22(11-13-23)19(2)3)32(40)28(44-34)16-21-14-26(35)31(27(36)15-21)43-18-25-9-7-6-8-24(25)17-37/h6-16,19,30H,5,18H2,1-4H3/b28-16+/t30-/m1/s1. The molecule has 0 fully saturated rings. The molecular weight excluding hydrogens is 617 g/mol. The molecule has 5 rings (SSSR count). The lowest BCUT2D eigenvalue weighted by Gasteiger charge is -2.25. The molecule has 0 saturated heterocycles. The number of carbonyl (C=O) groups is 1. The zero-order valence-corrected chi connectivity index (χ0v) is 26.9. The minimum absolute atomic E-state index is 0.113. The molecule has 224 valence electrons. The summed E-state index contributed by atoms with van der Waals surface area (Å²) in [4.78, 5) is 32.2. The third-order valence-corrected chi connectivity index (χ3v) is 8.81. The van der Waals surface area contributed by atoms with Crippen LogP contribution in [-0.2, 0) is 16.1 Å². The van der Waals surface area contributed by atoms with Gasteiger partial charge in [0.15, 0.2) is 10.6 Å². The Hall–Kier alpha value is -4.16. The van der Waals surface area contributed by atoms with Gasteiger partial charge in [-0.25, -0.2) is 9.79 Å². The van der Waals surface area contributed by atoms with Crippen LogP contribution < -0.4 is 19.6 Å². The molecule has 0 spiro atoms. The monoisotopic (exact) mass is 645 g/mol. The summed E-state index contributed by atoms with van der Waals surface area (Å²) in [6.45, 7) is 8.03. The summed E-state index contributed by atoms with van der Waals surface area (Å²) in [7, 11) is 0. The zero-order valence-electron chi connectivity index (χ0n) is 24.6. The van der Waals surface area contributed by atoms with Gasteiger partial charge in [0, 0.05) is 5.56 Å². The number of ether oxygens (including phenoxy) is 2. The van der Waals surface area contributed by atoms with E-state index in [9.17, 15) is 14.9 Å². The van der Waals surface area contributed by atoms with Gasteiger partial charge in [-0.2, -0.15) is 5.26 Å². The van der Waals surface area contributed by atoms with Crippen molar-refractivity contribution in [3.63, 3.8) is 0 Å². The molecule has 0 unspecified atom stereocenters. The van der Waals surface area contributed by atoms with E-state index in [1.54, 1.807) is 54.8 Å². The van der Waals surface area contributed by atoms with Crippen molar-refractivity contribution < 1.29 is 14.3 Å². The molecule has 1 aromatic heterocycles. The quantitative estimate of drug-likeness (QED) is 0.199. The van der Waals surface area contributed by atoms with Gasteiger partial charge in [0.1, 0.15) is 6.61 Å². The molecule has 3 aromatic carbocycles. The van der Waals surface area contributed by atoms with Gasteiger partial charge in [-0.3, -0.25) is 9.36 Å². The van der Waals surface area contributed by atoms with Crippen molar-refractivity contribution in [2.45, 2.75) is 46.3 Å². The number of hydrogen-bond donors (Lipinski definition) is 0. The molecule has 0 saturated carbocycles.